The van der Waals surface area contributed by atoms with Crippen LogP contribution in [0.25, 0.3) is 33.3 Å². The van der Waals surface area contributed by atoms with Gasteiger partial charge in [-0.15, -0.1) is 0 Å². The first-order chi connectivity index (χ1) is 19.1. The van der Waals surface area contributed by atoms with Crippen molar-refractivity contribution in [3.63, 3.8) is 0 Å². The van der Waals surface area contributed by atoms with Crippen LogP contribution in [0.2, 0.25) is 0 Å². The molecule has 0 aliphatic carbocycles. The number of carbonyl (C=O) groups excluding carboxylic acids is 1. The maximum Gasteiger partial charge on any atom is 0.410 e. The summed E-state index contributed by atoms with van der Waals surface area (Å²) in [4.78, 5) is 30.6. The molecular formula is C28H35N7O5. The molecule has 1 saturated heterocycles. The fourth-order valence-electron chi connectivity index (χ4n) is 4.80. The van der Waals surface area contributed by atoms with Gasteiger partial charge in [-0.3, -0.25) is 4.68 Å². The van der Waals surface area contributed by atoms with E-state index in [1.807, 2.05) is 53.1 Å². The number of methoxy groups -OCH3 is 2. The zero-order chi connectivity index (χ0) is 28.6. The molecule has 1 aliphatic rings. The van der Waals surface area contributed by atoms with E-state index in [1.165, 1.54) is 0 Å². The number of hydrogen-bond donors (Lipinski definition) is 0. The Morgan fingerprint density at radius 2 is 1.82 bits per heavy atom. The van der Waals surface area contributed by atoms with E-state index in [0.717, 1.165) is 22.2 Å². The van der Waals surface area contributed by atoms with Gasteiger partial charge < -0.3 is 28.7 Å². The fraction of sp³-hybridized carbons (Fsp3) is 0.464. The highest BCUT2D eigenvalue weighted by atomic mass is 16.7. The number of pyridine rings is 1. The van der Waals surface area contributed by atoms with E-state index in [4.69, 9.17) is 28.9 Å². The number of nitrogens with zero attached hydrogens (tertiary/aromatic N) is 7. The summed E-state index contributed by atoms with van der Waals surface area (Å²) in [5.41, 5.74) is 3.27. The zero-order valence-electron chi connectivity index (χ0n) is 24.0. The van der Waals surface area contributed by atoms with Gasteiger partial charge in [0.15, 0.2) is 18.3 Å². The van der Waals surface area contributed by atoms with E-state index in [9.17, 15) is 4.79 Å². The first kappa shape index (κ1) is 27.4. The fourth-order valence-corrected chi connectivity index (χ4v) is 4.80. The average Bonchev–Trinajstić information content (AvgIpc) is 3.31. The van der Waals surface area contributed by atoms with Crippen LogP contribution in [0.3, 0.4) is 0 Å². The Morgan fingerprint density at radius 1 is 1.07 bits per heavy atom. The van der Waals surface area contributed by atoms with Crippen LogP contribution in [-0.4, -0.2) is 88.5 Å². The number of hydrogen-bond acceptors (Lipinski definition) is 10. The molecule has 0 bridgehead atoms. The normalized spacial score (nSPS) is 14.2. The van der Waals surface area contributed by atoms with Gasteiger partial charge in [-0.1, -0.05) is 0 Å². The van der Waals surface area contributed by atoms with Gasteiger partial charge in [-0.05, 0) is 39.8 Å². The molecule has 0 N–H and O–H groups in total. The third kappa shape index (κ3) is 5.44. The molecule has 0 unspecified atom stereocenters. The average molecular weight is 550 g/mol. The quantitative estimate of drug-likeness (QED) is 0.327. The van der Waals surface area contributed by atoms with Crippen molar-refractivity contribution in [2.75, 3.05) is 52.1 Å². The molecule has 0 radical (unpaired) electrons. The lowest BCUT2D eigenvalue weighted by atomic mass is 10.0. The maximum absolute atomic E-state index is 12.5. The number of piperazine rings is 1. The van der Waals surface area contributed by atoms with Gasteiger partial charge in [-0.25, -0.2) is 14.8 Å². The van der Waals surface area contributed by atoms with Crippen molar-refractivity contribution in [3.8, 4) is 23.0 Å². The van der Waals surface area contributed by atoms with Crippen molar-refractivity contribution in [1.29, 1.82) is 0 Å². The van der Waals surface area contributed by atoms with Crippen LogP contribution in [0.15, 0.2) is 24.5 Å². The second-order valence-corrected chi connectivity index (χ2v) is 10.7. The first-order valence-electron chi connectivity index (χ1n) is 13.1. The topological polar surface area (TPSA) is 117 Å². The molecule has 1 aromatic carbocycles. The maximum atomic E-state index is 12.5. The lowest BCUT2D eigenvalue weighted by Gasteiger charge is -2.36. The van der Waals surface area contributed by atoms with Gasteiger partial charge >= 0.3 is 6.09 Å². The molecule has 1 amide bonds. The zero-order valence-corrected chi connectivity index (χ0v) is 24.0. The molecule has 1 fully saturated rings. The Hall–Kier alpha value is -4.19. The predicted molar refractivity (Wildman–Crippen MR) is 151 cm³/mol. The van der Waals surface area contributed by atoms with Crippen molar-refractivity contribution in [2.45, 2.75) is 33.3 Å². The Labute approximate surface area is 232 Å². The van der Waals surface area contributed by atoms with Gasteiger partial charge in [0.2, 0.25) is 5.88 Å². The number of aryl methyl sites for hydroxylation is 2. The van der Waals surface area contributed by atoms with E-state index in [-0.39, 0.29) is 12.9 Å². The molecule has 12 nitrogen and oxygen atoms in total. The summed E-state index contributed by atoms with van der Waals surface area (Å²) in [6.45, 7) is 10.0. The molecule has 0 spiro atoms. The van der Waals surface area contributed by atoms with Crippen LogP contribution in [0, 0.1) is 6.92 Å². The van der Waals surface area contributed by atoms with Crippen molar-refractivity contribution in [3.05, 3.63) is 30.1 Å². The third-order valence-corrected chi connectivity index (χ3v) is 6.65. The molecule has 3 aromatic heterocycles. The molecule has 0 saturated carbocycles. The monoisotopic (exact) mass is 549 g/mol. The minimum atomic E-state index is -0.523. The Kier molecular flexibility index (Phi) is 7.37. The highest BCUT2D eigenvalue weighted by Crippen LogP contribution is 2.38. The minimum absolute atomic E-state index is 0.0691. The lowest BCUT2D eigenvalue weighted by Crippen LogP contribution is -2.50. The summed E-state index contributed by atoms with van der Waals surface area (Å²) in [6, 6.07) is 3.94. The van der Waals surface area contributed by atoms with Crippen LogP contribution in [0.4, 0.5) is 10.5 Å². The molecular weight excluding hydrogens is 514 g/mol. The van der Waals surface area contributed by atoms with Crippen LogP contribution in [0.1, 0.15) is 26.3 Å². The highest BCUT2D eigenvalue weighted by molar-refractivity contribution is 5.92. The Morgan fingerprint density at radius 3 is 2.50 bits per heavy atom. The summed E-state index contributed by atoms with van der Waals surface area (Å²) >= 11 is 0. The molecule has 40 heavy (non-hydrogen) atoms. The third-order valence-electron chi connectivity index (χ3n) is 6.65. The number of ether oxygens (including phenoxy) is 4. The van der Waals surface area contributed by atoms with E-state index in [0.29, 0.717) is 60.2 Å². The standard InChI is InChI=1S/C28H35N7O5/c1-17-22-18(15-33(5)32-22)12-20(23(17)39-16-37-6)25-30-24-21(26(31-25)38-7)13-19(14-29-24)34-8-10-35(11-9-34)27(36)40-28(2,3)4/h12-15H,8-11,16H2,1-7H3. The summed E-state index contributed by atoms with van der Waals surface area (Å²) in [7, 11) is 5.03. The van der Waals surface area contributed by atoms with Gasteiger partial charge in [-0.2, -0.15) is 10.1 Å². The molecule has 4 heterocycles. The minimum Gasteiger partial charge on any atom is -0.480 e. The highest BCUT2D eigenvalue weighted by Gasteiger charge is 2.27. The summed E-state index contributed by atoms with van der Waals surface area (Å²) in [5.74, 6) is 1.42. The molecule has 1 aliphatic heterocycles. The van der Waals surface area contributed by atoms with Gasteiger partial charge in [0.25, 0.3) is 0 Å². The Bertz CT molecular complexity index is 1550. The number of carbonyl (C=O) groups is 1. The smallest absolute Gasteiger partial charge is 0.410 e. The lowest BCUT2D eigenvalue weighted by molar-refractivity contribution is 0.0240. The summed E-state index contributed by atoms with van der Waals surface area (Å²) < 4.78 is 24.1. The van der Waals surface area contributed by atoms with Gasteiger partial charge in [0, 0.05) is 57.5 Å². The number of benzene rings is 1. The van der Waals surface area contributed by atoms with Crippen LogP contribution in [0.5, 0.6) is 11.6 Å². The number of anilines is 1. The Balaban J connectivity index is 1.47. The van der Waals surface area contributed by atoms with Crippen LogP contribution >= 0.6 is 0 Å². The molecule has 212 valence electrons. The molecule has 5 rings (SSSR count). The van der Waals surface area contributed by atoms with Crippen molar-refractivity contribution in [2.24, 2.45) is 7.05 Å². The van der Waals surface area contributed by atoms with Gasteiger partial charge in [0.05, 0.1) is 35.5 Å². The largest absolute Gasteiger partial charge is 0.480 e. The van der Waals surface area contributed by atoms with E-state index >= 15 is 0 Å². The van der Waals surface area contributed by atoms with Crippen LogP contribution < -0.4 is 14.4 Å². The van der Waals surface area contributed by atoms with E-state index < -0.39 is 5.60 Å². The summed E-state index contributed by atoms with van der Waals surface area (Å²) in [6.07, 6.45) is 3.44. The summed E-state index contributed by atoms with van der Waals surface area (Å²) in [5, 5.41) is 6.20. The first-order valence-corrected chi connectivity index (χ1v) is 13.1. The molecule has 4 aromatic rings. The number of rotatable bonds is 6. The number of amides is 1. The number of aromatic nitrogens is 5. The second-order valence-electron chi connectivity index (χ2n) is 10.7. The SMILES string of the molecule is COCOc1c(-c2nc(OC)c3cc(N4CCN(C(=O)OC(C)(C)C)CC4)cnc3n2)cc2cn(C)nc2c1C. The van der Waals surface area contributed by atoms with E-state index in [1.54, 1.807) is 30.0 Å². The molecule has 0 atom stereocenters. The van der Waals surface area contributed by atoms with Crippen molar-refractivity contribution >= 4 is 33.7 Å². The second kappa shape index (κ2) is 10.8. The molecule has 12 heteroatoms. The van der Waals surface area contributed by atoms with E-state index in [2.05, 4.69) is 15.0 Å². The predicted octanol–water partition coefficient (Wildman–Crippen LogP) is 3.94. The van der Waals surface area contributed by atoms with Crippen molar-refractivity contribution < 1.29 is 23.7 Å². The van der Waals surface area contributed by atoms with Crippen LogP contribution in [-0.2, 0) is 16.5 Å². The van der Waals surface area contributed by atoms with Gasteiger partial charge in [0.1, 0.15) is 11.4 Å². The number of fused-ring (bicyclic) bond motifs is 2. The van der Waals surface area contributed by atoms with Crippen molar-refractivity contribution in [1.82, 2.24) is 29.6 Å².